The summed E-state index contributed by atoms with van der Waals surface area (Å²) in [5, 5.41) is 3.47. The molecule has 7 heteroatoms. The van der Waals surface area contributed by atoms with Crippen LogP contribution in [0.25, 0.3) is 0 Å². The molecule has 2 fully saturated rings. The monoisotopic (exact) mass is 412 g/mol. The maximum Gasteiger partial charge on any atom is 0.112 e. The zero-order chi connectivity index (χ0) is 15.4. The number of imidazole rings is 1. The van der Waals surface area contributed by atoms with E-state index in [0.717, 1.165) is 26.1 Å². The molecule has 4 nitrogen and oxygen atoms in total. The summed E-state index contributed by atoms with van der Waals surface area (Å²) in [5.41, 5.74) is 1.30. The number of nitrogens with one attached hydrogen (secondary N) is 1. The Bertz CT molecular complexity index is 467. The van der Waals surface area contributed by atoms with Gasteiger partial charge in [-0.25, -0.2) is 4.98 Å². The van der Waals surface area contributed by atoms with Gasteiger partial charge in [-0.1, -0.05) is 13.8 Å². The first-order valence-corrected chi connectivity index (χ1v) is 9.21. The lowest BCUT2D eigenvalue weighted by molar-refractivity contribution is 0.316. The van der Waals surface area contributed by atoms with E-state index in [9.17, 15) is 0 Å². The molecule has 0 radical (unpaired) electrons. The van der Waals surface area contributed by atoms with Crippen molar-refractivity contribution in [1.29, 1.82) is 0 Å². The van der Waals surface area contributed by atoms with Crippen molar-refractivity contribution in [3.05, 3.63) is 17.7 Å². The number of hydrogen-bond acceptors (Lipinski definition) is 3. The van der Waals surface area contributed by atoms with Crippen molar-refractivity contribution >= 4 is 37.2 Å². The second kappa shape index (κ2) is 12.4. The number of piperidine rings is 1. The molecule has 3 rings (SSSR count). The first-order chi connectivity index (χ1) is 10.7. The van der Waals surface area contributed by atoms with Gasteiger partial charge in [0.2, 0.25) is 0 Å². The Labute approximate surface area is 171 Å². The summed E-state index contributed by atoms with van der Waals surface area (Å²) in [6, 6.07) is 0. The van der Waals surface area contributed by atoms with Crippen LogP contribution in [0.1, 0.15) is 57.0 Å². The molecular formula is C18H35Cl3N4. The van der Waals surface area contributed by atoms with Gasteiger partial charge in [-0.05, 0) is 64.2 Å². The summed E-state index contributed by atoms with van der Waals surface area (Å²) in [4.78, 5) is 7.64. The van der Waals surface area contributed by atoms with E-state index >= 15 is 0 Å². The minimum absolute atomic E-state index is 0. The Morgan fingerprint density at radius 2 is 1.72 bits per heavy atom. The lowest BCUT2D eigenvalue weighted by atomic mass is 9.97. The molecule has 2 aliphatic rings. The molecular weight excluding hydrogens is 379 g/mol. The molecule has 0 amide bonds. The minimum Gasteiger partial charge on any atom is -0.333 e. The number of aromatic nitrogens is 2. The van der Waals surface area contributed by atoms with E-state index in [1.54, 1.807) is 0 Å². The molecule has 0 aromatic carbocycles. The summed E-state index contributed by atoms with van der Waals surface area (Å²) in [7, 11) is 0. The summed E-state index contributed by atoms with van der Waals surface area (Å²) >= 11 is 0. The van der Waals surface area contributed by atoms with Crippen molar-refractivity contribution in [2.24, 2.45) is 5.92 Å². The van der Waals surface area contributed by atoms with Crippen molar-refractivity contribution in [2.45, 2.75) is 58.4 Å². The highest BCUT2D eigenvalue weighted by molar-refractivity contribution is 5.86. The average Bonchev–Trinajstić information content (AvgIpc) is 3.15. The molecule has 0 aliphatic carbocycles. The topological polar surface area (TPSA) is 33.1 Å². The molecule has 0 saturated carbocycles. The number of halogens is 3. The van der Waals surface area contributed by atoms with Gasteiger partial charge in [0.25, 0.3) is 0 Å². The molecule has 2 aliphatic heterocycles. The van der Waals surface area contributed by atoms with Crippen molar-refractivity contribution < 1.29 is 0 Å². The second-order valence-corrected chi connectivity index (χ2v) is 7.45. The number of hydrogen-bond donors (Lipinski definition) is 1. The lowest BCUT2D eigenvalue weighted by Gasteiger charge is -2.24. The van der Waals surface area contributed by atoms with Crippen LogP contribution >= 0.6 is 37.2 Å². The third-order valence-corrected chi connectivity index (χ3v) is 5.03. The van der Waals surface area contributed by atoms with Crippen molar-refractivity contribution in [3.8, 4) is 0 Å². The van der Waals surface area contributed by atoms with Crippen molar-refractivity contribution in [1.82, 2.24) is 19.8 Å². The molecule has 2 saturated heterocycles. The van der Waals surface area contributed by atoms with Gasteiger partial charge in [-0.3, -0.25) is 0 Å². The summed E-state index contributed by atoms with van der Waals surface area (Å²) in [5.74, 6) is 2.69. The number of rotatable bonds is 6. The van der Waals surface area contributed by atoms with Crippen LogP contribution in [0.15, 0.2) is 6.20 Å². The van der Waals surface area contributed by atoms with Gasteiger partial charge < -0.3 is 14.8 Å². The Balaban J connectivity index is 0.00000192. The Morgan fingerprint density at radius 3 is 2.32 bits per heavy atom. The maximum absolute atomic E-state index is 5.04. The van der Waals surface area contributed by atoms with Gasteiger partial charge >= 0.3 is 0 Å². The fourth-order valence-corrected chi connectivity index (χ4v) is 3.84. The minimum atomic E-state index is 0. The maximum atomic E-state index is 5.04. The molecule has 0 bridgehead atoms. The van der Waals surface area contributed by atoms with Gasteiger partial charge in [0.05, 0.1) is 5.69 Å². The van der Waals surface area contributed by atoms with Crippen LogP contribution < -0.4 is 5.32 Å². The van der Waals surface area contributed by atoms with Crippen LogP contribution in [0.5, 0.6) is 0 Å². The third-order valence-electron chi connectivity index (χ3n) is 5.03. The van der Waals surface area contributed by atoms with Gasteiger partial charge in [0.15, 0.2) is 0 Å². The van der Waals surface area contributed by atoms with E-state index < -0.39 is 0 Å². The predicted octanol–water partition coefficient (Wildman–Crippen LogP) is 3.91. The Kier molecular flexibility index (Phi) is 12.4. The van der Waals surface area contributed by atoms with Gasteiger partial charge in [-0.2, -0.15) is 0 Å². The van der Waals surface area contributed by atoms with Crippen LogP contribution in [-0.2, 0) is 13.0 Å². The van der Waals surface area contributed by atoms with Crippen LogP contribution in [0, 0.1) is 5.92 Å². The molecule has 3 heterocycles. The van der Waals surface area contributed by atoms with Crippen LogP contribution in [0.2, 0.25) is 0 Å². The second-order valence-electron chi connectivity index (χ2n) is 7.45. The van der Waals surface area contributed by atoms with E-state index in [-0.39, 0.29) is 37.2 Å². The molecule has 1 N–H and O–H groups in total. The zero-order valence-corrected chi connectivity index (χ0v) is 18.0. The Morgan fingerprint density at radius 1 is 1.08 bits per heavy atom. The highest BCUT2D eigenvalue weighted by atomic mass is 35.5. The average molecular weight is 414 g/mol. The van der Waals surface area contributed by atoms with E-state index in [4.69, 9.17) is 4.98 Å². The van der Waals surface area contributed by atoms with Gasteiger partial charge in [0.1, 0.15) is 5.82 Å². The first kappa shape index (κ1) is 25.0. The highest BCUT2D eigenvalue weighted by Crippen LogP contribution is 2.25. The molecule has 148 valence electrons. The molecule has 1 aromatic heterocycles. The smallest absolute Gasteiger partial charge is 0.112 e. The van der Waals surface area contributed by atoms with E-state index in [2.05, 4.69) is 34.8 Å². The zero-order valence-electron chi connectivity index (χ0n) is 15.6. The number of nitrogens with zero attached hydrogens (tertiary/aromatic N) is 3. The number of likely N-dealkylation sites (tertiary alicyclic amines) is 1. The third kappa shape index (κ3) is 7.26. The molecule has 0 spiro atoms. The van der Waals surface area contributed by atoms with Gasteiger partial charge in [0, 0.05) is 25.2 Å². The van der Waals surface area contributed by atoms with E-state index in [1.165, 1.54) is 56.8 Å². The largest absolute Gasteiger partial charge is 0.333 e. The first-order valence-electron chi connectivity index (χ1n) is 9.21. The Hall–Kier alpha value is -0.000000000000000111. The van der Waals surface area contributed by atoms with E-state index in [0.29, 0.717) is 11.8 Å². The summed E-state index contributed by atoms with van der Waals surface area (Å²) in [6.07, 6.45) is 8.68. The standard InChI is InChI=1S/C18H32N4.3ClH/c1-15(2)13-17-14-22(12-11-21-9-3-4-10-21)18(20-17)16-5-7-19-8-6-16;;;/h14-16,19H,3-13H2,1-2H3;3*1H. The lowest BCUT2D eigenvalue weighted by Crippen LogP contribution is -2.29. The normalized spacial score (nSPS) is 18.5. The van der Waals surface area contributed by atoms with Gasteiger partial charge in [-0.15, -0.1) is 37.2 Å². The quantitative estimate of drug-likeness (QED) is 0.767. The molecule has 25 heavy (non-hydrogen) atoms. The SMILES string of the molecule is CC(C)Cc1cn(CCN2CCCC2)c(C2CCNCC2)n1.Cl.Cl.Cl. The fourth-order valence-electron chi connectivity index (χ4n) is 3.84. The van der Waals surface area contributed by atoms with Crippen LogP contribution in [0.4, 0.5) is 0 Å². The van der Waals surface area contributed by atoms with Crippen LogP contribution in [0.3, 0.4) is 0 Å². The predicted molar refractivity (Wildman–Crippen MR) is 113 cm³/mol. The summed E-state index contributed by atoms with van der Waals surface area (Å²) in [6.45, 7) is 11.7. The van der Waals surface area contributed by atoms with Crippen molar-refractivity contribution in [2.75, 3.05) is 32.7 Å². The highest BCUT2D eigenvalue weighted by Gasteiger charge is 2.22. The fraction of sp³-hybridized carbons (Fsp3) is 0.833. The van der Waals surface area contributed by atoms with Crippen LogP contribution in [-0.4, -0.2) is 47.2 Å². The summed E-state index contributed by atoms with van der Waals surface area (Å²) < 4.78 is 2.48. The van der Waals surface area contributed by atoms with Crippen molar-refractivity contribution in [3.63, 3.8) is 0 Å². The molecule has 0 unspecified atom stereocenters. The van der Waals surface area contributed by atoms with E-state index in [1.807, 2.05) is 0 Å². The molecule has 0 atom stereocenters. The molecule has 1 aromatic rings.